The Bertz CT molecular complexity index is 566. The zero-order valence-corrected chi connectivity index (χ0v) is 8.89. The second-order valence-electron chi connectivity index (χ2n) is 3.31. The van der Waals surface area contributed by atoms with Gasteiger partial charge in [0.15, 0.2) is 11.6 Å². The maximum Gasteiger partial charge on any atom is 0.224 e. The van der Waals surface area contributed by atoms with Crippen LogP contribution >= 0.6 is 0 Å². The molecule has 82 valence electrons. The van der Waals surface area contributed by atoms with Gasteiger partial charge in [0.25, 0.3) is 0 Å². The SMILES string of the molecule is COc1nc(C(C)=O)nc2cc(O)ccc12. The molecule has 1 aromatic heterocycles. The lowest BCUT2D eigenvalue weighted by atomic mass is 10.2. The van der Waals surface area contributed by atoms with Gasteiger partial charge in [0.1, 0.15) is 5.75 Å². The molecule has 0 amide bonds. The number of aromatic hydroxyl groups is 1. The molecule has 2 rings (SSSR count). The Balaban J connectivity index is 2.78. The number of ketones is 1. The molecule has 16 heavy (non-hydrogen) atoms. The summed E-state index contributed by atoms with van der Waals surface area (Å²) in [5.41, 5.74) is 0.483. The number of methoxy groups -OCH3 is 1. The molecule has 5 nitrogen and oxygen atoms in total. The van der Waals surface area contributed by atoms with E-state index in [-0.39, 0.29) is 17.4 Å². The molecule has 0 atom stereocenters. The molecule has 0 radical (unpaired) electrons. The van der Waals surface area contributed by atoms with Crippen LogP contribution in [0.4, 0.5) is 0 Å². The molecular formula is C11H10N2O3. The highest BCUT2D eigenvalue weighted by Gasteiger charge is 2.11. The fourth-order valence-electron chi connectivity index (χ4n) is 1.40. The fraction of sp³-hybridized carbons (Fsp3) is 0.182. The van der Waals surface area contributed by atoms with Gasteiger partial charge in [-0.15, -0.1) is 0 Å². The Kier molecular flexibility index (Phi) is 2.44. The van der Waals surface area contributed by atoms with Crippen molar-refractivity contribution >= 4 is 16.7 Å². The van der Waals surface area contributed by atoms with Crippen LogP contribution in [0.3, 0.4) is 0 Å². The maximum absolute atomic E-state index is 11.2. The van der Waals surface area contributed by atoms with Gasteiger partial charge in [-0.25, -0.2) is 4.98 Å². The number of aromatic nitrogens is 2. The number of ether oxygens (including phenoxy) is 1. The summed E-state index contributed by atoms with van der Waals surface area (Å²) in [5.74, 6) is 0.247. The Morgan fingerprint density at radius 2 is 2.12 bits per heavy atom. The number of carbonyl (C=O) groups excluding carboxylic acids is 1. The molecule has 1 heterocycles. The van der Waals surface area contributed by atoms with E-state index in [1.807, 2.05) is 0 Å². The van der Waals surface area contributed by atoms with Crippen LogP contribution in [0.1, 0.15) is 17.5 Å². The minimum atomic E-state index is -0.247. The smallest absolute Gasteiger partial charge is 0.224 e. The van der Waals surface area contributed by atoms with Crippen molar-refractivity contribution in [1.82, 2.24) is 9.97 Å². The van der Waals surface area contributed by atoms with E-state index in [1.54, 1.807) is 6.07 Å². The van der Waals surface area contributed by atoms with Gasteiger partial charge in [-0.2, -0.15) is 4.98 Å². The third kappa shape index (κ3) is 1.67. The first-order valence-corrected chi connectivity index (χ1v) is 4.67. The highest BCUT2D eigenvalue weighted by Crippen LogP contribution is 2.25. The number of fused-ring (bicyclic) bond motifs is 1. The highest BCUT2D eigenvalue weighted by molar-refractivity contribution is 5.94. The van der Waals surface area contributed by atoms with E-state index >= 15 is 0 Å². The Hall–Kier alpha value is -2.17. The van der Waals surface area contributed by atoms with E-state index in [9.17, 15) is 9.90 Å². The third-order valence-electron chi connectivity index (χ3n) is 2.15. The summed E-state index contributed by atoms with van der Waals surface area (Å²) in [7, 11) is 1.47. The predicted octanol–water partition coefficient (Wildman–Crippen LogP) is 1.55. The van der Waals surface area contributed by atoms with Crippen molar-refractivity contribution < 1.29 is 14.6 Å². The molecule has 0 aliphatic heterocycles. The Morgan fingerprint density at radius 1 is 1.38 bits per heavy atom. The van der Waals surface area contributed by atoms with E-state index in [0.29, 0.717) is 16.8 Å². The van der Waals surface area contributed by atoms with Crippen LogP contribution in [-0.2, 0) is 0 Å². The first kappa shape index (κ1) is 10.4. The van der Waals surface area contributed by atoms with E-state index < -0.39 is 0 Å². The molecule has 2 aromatic rings. The fourth-order valence-corrected chi connectivity index (χ4v) is 1.40. The van der Waals surface area contributed by atoms with Crippen molar-refractivity contribution in [1.29, 1.82) is 0 Å². The maximum atomic E-state index is 11.2. The first-order valence-electron chi connectivity index (χ1n) is 4.67. The second-order valence-corrected chi connectivity index (χ2v) is 3.31. The second kappa shape index (κ2) is 3.77. The monoisotopic (exact) mass is 218 g/mol. The average Bonchev–Trinajstić information content (AvgIpc) is 2.26. The summed E-state index contributed by atoms with van der Waals surface area (Å²) >= 11 is 0. The molecule has 0 bridgehead atoms. The van der Waals surface area contributed by atoms with Crippen molar-refractivity contribution in [2.24, 2.45) is 0 Å². The predicted molar refractivity (Wildman–Crippen MR) is 57.8 cm³/mol. The molecule has 0 saturated carbocycles. The number of hydrogen-bond acceptors (Lipinski definition) is 5. The van der Waals surface area contributed by atoms with E-state index in [0.717, 1.165) is 0 Å². The quantitative estimate of drug-likeness (QED) is 0.774. The molecule has 0 aliphatic carbocycles. The lowest BCUT2D eigenvalue weighted by molar-refractivity contribution is 0.100. The summed E-state index contributed by atoms with van der Waals surface area (Å²) in [5, 5.41) is 9.99. The van der Waals surface area contributed by atoms with Crippen LogP contribution < -0.4 is 4.74 Å². The molecule has 0 aliphatic rings. The summed E-state index contributed by atoms with van der Waals surface area (Å²) in [6.45, 7) is 1.38. The van der Waals surface area contributed by atoms with Crippen molar-refractivity contribution in [3.8, 4) is 11.6 Å². The van der Waals surface area contributed by atoms with E-state index in [1.165, 1.54) is 26.2 Å². The Morgan fingerprint density at radius 3 is 2.75 bits per heavy atom. The number of benzene rings is 1. The molecule has 5 heteroatoms. The zero-order chi connectivity index (χ0) is 11.7. The van der Waals surface area contributed by atoms with E-state index in [4.69, 9.17) is 4.74 Å². The van der Waals surface area contributed by atoms with Crippen molar-refractivity contribution in [2.45, 2.75) is 6.92 Å². The van der Waals surface area contributed by atoms with Crippen LogP contribution in [0.5, 0.6) is 11.6 Å². The number of phenolic OH excluding ortho intramolecular Hbond substituents is 1. The molecule has 1 N–H and O–H groups in total. The summed E-state index contributed by atoms with van der Waals surface area (Å²) in [6.07, 6.45) is 0. The molecule has 0 spiro atoms. The van der Waals surface area contributed by atoms with Gasteiger partial charge in [-0.3, -0.25) is 4.79 Å². The van der Waals surface area contributed by atoms with Crippen LogP contribution in [-0.4, -0.2) is 28.0 Å². The topological polar surface area (TPSA) is 72.3 Å². The Labute approximate surface area is 91.7 Å². The minimum absolute atomic E-state index is 0.0787. The molecular weight excluding hydrogens is 208 g/mol. The standard InChI is InChI=1S/C11H10N2O3/c1-6(14)10-12-9-5-7(15)3-4-8(9)11(13-10)16-2/h3-5,15H,1-2H3. The average molecular weight is 218 g/mol. The molecule has 0 saturated heterocycles. The number of Topliss-reactive ketones (excluding diaryl/α,β-unsaturated/α-hetero) is 1. The van der Waals surface area contributed by atoms with Gasteiger partial charge in [-0.1, -0.05) is 0 Å². The van der Waals surface area contributed by atoms with Crippen LogP contribution in [0.2, 0.25) is 0 Å². The number of nitrogens with zero attached hydrogens (tertiary/aromatic N) is 2. The number of hydrogen-bond donors (Lipinski definition) is 1. The van der Waals surface area contributed by atoms with Gasteiger partial charge < -0.3 is 9.84 Å². The zero-order valence-electron chi connectivity index (χ0n) is 8.89. The van der Waals surface area contributed by atoms with Crippen molar-refractivity contribution in [3.05, 3.63) is 24.0 Å². The van der Waals surface area contributed by atoms with Gasteiger partial charge in [-0.05, 0) is 12.1 Å². The highest BCUT2D eigenvalue weighted by atomic mass is 16.5. The van der Waals surface area contributed by atoms with Crippen molar-refractivity contribution in [3.63, 3.8) is 0 Å². The number of carbonyl (C=O) groups is 1. The largest absolute Gasteiger partial charge is 0.508 e. The normalized spacial score (nSPS) is 10.4. The molecule has 0 fully saturated rings. The minimum Gasteiger partial charge on any atom is -0.508 e. The van der Waals surface area contributed by atoms with Crippen LogP contribution in [0, 0.1) is 0 Å². The summed E-state index contributed by atoms with van der Waals surface area (Å²) in [6, 6.07) is 4.63. The number of rotatable bonds is 2. The third-order valence-corrected chi connectivity index (χ3v) is 2.15. The van der Waals surface area contributed by atoms with Crippen molar-refractivity contribution in [2.75, 3.05) is 7.11 Å². The first-order chi connectivity index (χ1) is 7.61. The van der Waals surface area contributed by atoms with Crippen LogP contribution in [0.25, 0.3) is 10.9 Å². The molecule has 1 aromatic carbocycles. The summed E-state index contributed by atoms with van der Waals surface area (Å²) in [4.78, 5) is 19.2. The summed E-state index contributed by atoms with van der Waals surface area (Å²) < 4.78 is 5.07. The van der Waals surface area contributed by atoms with Gasteiger partial charge >= 0.3 is 0 Å². The van der Waals surface area contributed by atoms with Crippen LogP contribution in [0.15, 0.2) is 18.2 Å². The lowest BCUT2D eigenvalue weighted by Gasteiger charge is -2.05. The van der Waals surface area contributed by atoms with Gasteiger partial charge in [0.2, 0.25) is 5.88 Å². The lowest BCUT2D eigenvalue weighted by Crippen LogP contribution is -2.03. The number of phenols is 1. The van der Waals surface area contributed by atoms with E-state index in [2.05, 4.69) is 9.97 Å². The van der Waals surface area contributed by atoms with Gasteiger partial charge in [0.05, 0.1) is 18.0 Å². The van der Waals surface area contributed by atoms with Gasteiger partial charge in [0, 0.05) is 13.0 Å². The molecule has 0 unspecified atom stereocenters.